The zero-order chi connectivity index (χ0) is 5.82. The first-order valence-corrected chi connectivity index (χ1v) is 2.88. The van der Waals surface area contributed by atoms with Gasteiger partial charge in [0.1, 0.15) is 0 Å². The van der Waals surface area contributed by atoms with Crippen LogP contribution >= 0.6 is 0 Å². The average Bonchev–Trinajstić information content (AvgIpc) is 2.19. The van der Waals surface area contributed by atoms with Crippen molar-refractivity contribution in [1.29, 1.82) is 5.26 Å². The van der Waals surface area contributed by atoms with Crippen molar-refractivity contribution < 1.29 is 4.74 Å². The highest BCUT2D eigenvalue weighted by Gasteiger charge is 2.13. The van der Waals surface area contributed by atoms with E-state index in [4.69, 9.17) is 10.00 Å². The number of nitriles is 1. The highest BCUT2D eigenvalue weighted by molar-refractivity contribution is 4.77. The standard InChI is InChI=1S/C6H9NO/c7-3-1-6-2-4-8-5-6/h6H,1-2,4-5H2/t6-/m1/s1. The predicted octanol–water partition coefficient (Wildman–Crippen LogP) is 0.937. The third-order valence-corrected chi connectivity index (χ3v) is 1.40. The van der Waals surface area contributed by atoms with Gasteiger partial charge >= 0.3 is 0 Å². The molecule has 0 radical (unpaired) electrons. The molecule has 0 bridgehead atoms. The van der Waals surface area contributed by atoms with Gasteiger partial charge in [0.2, 0.25) is 0 Å². The van der Waals surface area contributed by atoms with Gasteiger partial charge in [-0.2, -0.15) is 5.26 Å². The van der Waals surface area contributed by atoms with E-state index in [0.717, 1.165) is 19.6 Å². The second kappa shape index (κ2) is 2.68. The molecule has 1 saturated heterocycles. The normalized spacial score (nSPS) is 27.6. The molecular formula is C6H9NO. The first-order chi connectivity index (χ1) is 3.93. The maximum Gasteiger partial charge on any atom is 0.0625 e. The summed E-state index contributed by atoms with van der Waals surface area (Å²) in [5, 5.41) is 8.22. The molecule has 1 aliphatic heterocycles. The summed E-state index contributed by atoms with van der Waals surface area (Å²) in [6, 6.07) is 2.13. The average molecular weight is 111 g/mol. The fraction of sp³-hybridized carbons (Fsp3) is 0.833. The van der Waals surface area contributed by atoms with Crippen molar-refractivity contribution >= 4 is 0 Å². The maximum absolute atomic E-state index is 8.22. The fourth-order valence-corrected chi connectivity index (χ4v) is 0.873. The molecule has 0 N–H and O–H groups in total. The Balaban J connectivity index is 2.17. The minimum absolute atomic E-state index is 0.528. The molecule has 8 heavy (non-hydrogen) atoms. The molecule has 0 aromatic rings. The van der Waals surface area contributed by atoms with Gasteiger partial charge < -0.3 is 4.74 Å². The molecule has 0 aliphatic carbocycles. The second-order valence-corrected chi connectivity index (χ2v) is 2.09. The van der Waals surface area contributed by atoms with Gasteiger partial charge in [-0.1, -0.05) is 0 Å². The molecule has 44 valence electrons. The van der Waals surface area contributed by atoms with Crippen molar-refractivity contribution in [2.45, 2.75) is 12.8 Å². The van der Waals surface area contributed by atoms with Crippen LogP contribution in [0.15, 0.2) is 0 Å². The van der Waals surface area contributed by atoms with Crippen molar-refractivity contribution in [1.82, 2.24) is 0 Å². The van der Waals surface area contributed by atoms with Gasteiger partial charge in [-0.15, -0.1) is 0 Å². The van der Waals surface area contributed by atoms with E-state index >= 15 is 0 Å². The summed E-state index contributed by atoms with van der Waals surface area (Å²) in [5.74, 6) is 0.528. The molecule has 2 heteroatoms. The van der Waals surface area contributed by atoms with Crippen LogP contribution in [0.25, 0.3) is 0 Å². The lowest BCUT2D eigenvalue weighted by Gasteiger charge is -1.95. The Bertz CT molecular complexity index is 99.6. The molecule has 0 aromatic heterocycles. The highest BCUT2D eigenvalue weighted by atomic mass is 16.5. The van der Waals surface area contributed by atoms with Crippen molar-refractivity contribution in [2.24, 2.45) is 5.92 Å². The van der Waals surface area contributed by atoms with Crippen LogP contribution in [0.4, 0.5) is 0 Å². The Hall–Kier alpha value is -0.550. The lowest BCUT2D eigenvalue weighted by molar-refractivity contribution is 0.186. The minimum atomic E-state index is 0.528. The third kappa shape index (κ3) is 1.21. The smallest absolute Gasteiger partial charge is 0.0625 e. The van der Waals surface area contributed by atoms with E-state index in [-0.39, 0.29) is 0 Å². The molecule has 1 fully saturated rings. The van der Waals surface area contributed by atoms with Crippen molar-refractivity contribution in [3.05, 3.63) is 0 Å². The second-order valence-electron chi connectivity index (χ2n) is 2.09. The zero-order valence-corrected chi connectivity index (χ0v) is 4.76. The van der Waals surface area contributed by atoms with Gasteiger partial charge in [-0.3, -0.25) is 0 Å². The number of hydrogen-bond acceptors (Lipinski definition) is 2. The molecule has 0 unspecified atom stereocenters. The summed E-state index contributed by atoms with van der Waals surface area (Å²) in [7, 11) is 0. The van der Waals surface area contributed by atoms with E-state index < -0.39 is 0 Å². The Morgan fingerprint density at radius 2 is 2.62 bits per heavy atom. The van der Waals surface area contributed by atoms with E-state index in [0.29, 0.717) is 12.3 Å². The van der Waals surface area contributed by atoms with Crippen LogP contribution in [0.2, 0.25) is 0 Å². The molecule has 0 spiro atoms. The molecular weight excluding hydrogens is 102 g/mol. The zero-order valence-electron chi connectivity index (χ0n) is 4.76. The monoisotopic (exact) mass is 111 g/mol. The highest BCUT2D eigenvalue weighted by Crippen LogP contribution is 2.14. The van der Waals surface area contributed by atoms with Crippen LogP contribution < -0.4 is 0 Å². The van der Waals surface area contributed by atoms with Crippen LogP contribution in [0, 0.1) is 17.2 Å². The summed E-state index contributed by atoms with van der Waals surface area (Å²) in [6.07, 6.45) is 1.74. The molecule has 1 heterocycles. The largest absolute Gasteiger partial charge is 0.381 e. The van der Waals surface area contributed by atoms with Crippen LogP contribution in [0.5, 0.6) is 0 Å². The van der Waals surface area contributed by atoms with E-state index in [9.17, 15) is 0 Å². The molecule has 1 rings (SSSR count). The topological polar surface area (TPSA) is 33.0 Å². The molecule has 2 nitrogen and oxygen atoms in total. The number of rotatable bonds is 1. The lowest BCUT2D eigenvalue weighted by Crippen LogP contribution is -1.95. The number of hydrogen-bond donors (Lipinski definition) is 0. The van der Waals surface area contributed by atoms with E-state index in [1.165, 1.54) is 0 Å². The van der Waals surface area contributed by atoms with Crippen LogP contribution in [0.1, 0.15) is 12.8 Å². The van der Waals surface area contributed by atoms with Crippen LogP contribution in [0.3, 0.4) is 0 Å². The SMILES string of the molecule is N#CC[C@@H]1CCOC1. The summed E-state index contributed by atoms with van der Waals surface area (Å²) in [5.41, 5.74) is 0. The predicted molar refractivity (Wildman–Crippen MR) is 29.2 cm³/mol. The first-order valence-electron chi connectivity index (χ1n) is 2.88. The summed E-state index contributed by atoms with van der Waals surface area (Å²) < 4.78 is 5.06. The Morgan fingerprint density at radius 3 is 3.12 bits per heavy atom. The summed E-state index contributed by atoms with van der Waals surface area (Å²) in [4.78, 5) is 0. The molecule has 0 amide bonds. The summed E-state index contributed by atoms with van der Waals surface area (Å²) >= 11 is 0. The Labute approximate surface area is 49.1 Å². The third-order valence-electron chi connectivity index (χ3n) is 1.40. The van der Waals surface area contributed by atoms with Gasteiger partial charge in [-0.05, 0) is 12.3 Å². The van der Waals surface area contributed by atoms with Gasteiger partial charge in [0.15, 0.2) is 0 Å². The quantitative estimate of drug-likeness (QED) is 0.504. The fourth-order valence-electron chi connectivity index (χ4n) is 0.873. The molecule has 1 atom stereocenters. The maximum atomic E-state index is 8.22. The van der Waals surface area contributed by atoms with Gasteiger partial charge in [0.05, 0.1) is 12.7 Å². The summed E-state index contributed by atoms with van der Waals surface area (Å²) in [6.45, 7) is 1.65. The molecule has 0 aromatic carbocycles. The van der Waals surface area contributed by atoms with Crippen molar-refractivity contribution in [2.75, 3.05) is 13.2 Å². The van der Waals surface area contributed by atoms with E-state index in [1.807, 2.05) is 0 Å². The molecule has 0 saturated carbocycles. The van der Waals surface area contributed by atoms with Gasteiger partial charge in [0.25, 0.3) is 0 Å². The Morgan fingerprint density at radius 1 is 1.75 bits per heavy atom. The first kappa shape index (κ1) is 5.58. The van der Waals surface area contributed by atoms with Gasteiger partial charge in [0, 0.05) is 13.0 Å². The van der Waals surface area contributed by atoms with Gasteiger partial charge in [-0.25, -0.2) is 0 Å². The Kier molecular flexibility index (Phi) is 1.87. The van der Waals surface area contributed by atoms with Crippen molar-refractivity contribution in [3.63, 3.8) is 0 Å². The van der Waals surface area contributed by atoms with E-state index in [2.05, 4.69) is 6.07 Å². The van der Waals surface area contributed by atoms with E-state index in [1.54, 1.807) is 0 Å². The minimum Gasteiger partial charge on any atom is -0.381 e. The number of nitrogens with zero attached hydrogens (tertiary/aromatic N) is 1. The van der Waals surface area contributed by atoms with Crippen LogP contribution in [-0.4, -0.2) is 13.2 Å². The number of ether oxygens (including phenoxy) is 1. The van der Waals surface area contributed by atoms with Crippen LogP contribution in [-0.2, 0) is 4.74 Å². The molecule has 1 aliphatic rings. The van der Waals surface area contributed by atoms with Crippen molar-refractivity contribution in [3.8, 4) is 6.07 Å². The lowest BCUT2D eigenvalue weighted by atomic mass is 10.1.